The number of carbonyl (C=O) groups is 1. The van der Waals surface area contributed by atoms with Crippen LogP contribution in [0.2, 0.25) is 0 Å². The molecule has 2 aliphatic rings. The smallest absolute Gasteiger partial charge is 0.256 e. The number of hydrogen-bond acceptors (Lipinski definition) is 7. The molecule has 1 aromatic carbocycles. The monoisotopic (exact) mass is 520 g/mol. The van der Waals surface area contributed by atoms with Crippen molar-refractivity contribution in [3.8, 4) is 23.1 Å². The minimum atomic E-state index is -0.222. The molecule has 5 heterocycles. The average molecular weight is 521 g/mol. The van der Waals surface area contributed by atoms with Crippen molar-refractivity contribution in [2.75, 3.05) is 24.1 Å². The summed E-state index contributed by atoms with van der Waals surface area (Å²) in [6.45, 7) is 8.16. The molecule has 9 heteroatoms. The Morgan fingerprint density at radius 1 is 1.15 bits per heavy atom. The van der Waals surface area contributed by atoms with Gasteiger partial charge in [0.25, 0.3) is 5.91 Å². The van der Waals surface area contributed by atoms with Crippen molar-refractivity contribution in [2.24, 2.45) is 0 Å². The Hall–Kier alpha value is -4.26. The highest BCUT2D eigenvalue weighted by Gasteiger charge is 2.52. The minimum absolute atomic E-state index is 0.0819. The highest BCUT2D eigenvalue weighted by molar-refractivity contribution is 6.04. The van der Waals surface area contributed by atoms with E-state index in [1.165, 1.54) is 0 Å². The number of likely N-dealkylation sites (tertiary alicyclic amines) is 2. The summed E-state index contributed by atoms with van der Waals surface area (Å²) in [6.07, 6.45) is 6.41. The predicted octanol–water partition coefficient (Wildman–Crippen LogP) is 3.86. The molecule has 39 heavy (non-hydrogen) atoms. The molecule has 0 radical (unpaired) electrons. The van der Waals surface area contributed by atoms with Gasteiger partial charge >= 0.3 is 0 Å². The van der Waals surface area contributed by atoms with Crippen molar-refractivity contribution in [2.45, 2.75) is 51.4 Å². The van der Waals surface area contributed by atoms with Gasteiger partial charge in [0.2, 0.25) is 0 Å². The largest absolute Gasteiger partial charge is 0.382 e. The number of imidazole rings is 1. The first-order valence-corrected chi connectivity index (χ1v) is 13.3. The second kappa shape index (κ2) is 10.1. The van der Waals surface area contributed by atoms with E-state index < -0.39 is 0 Å². The number of benzene rings is 1. The van der Waals surface area contributed by atoms with E-state index in [9.17, 15) is 4.79 Å². The molecular weight excluding hydrogens is 488 g/mol. The van der Waals surface area contributed by atoms with Crippen molar-refractivity contribution >= 4 is 23.1 Å². The number of anilines is 2. The number of nitrogens with zero attached hydrogens (tertiary/aromatic N) is 6. The van der Waals surface area contributed by atoms with Gasteiger partial charge in [-0.3, -0.25) is 19.0 Å². The Kier molecular flexibility index (Phi) is 6.51. The highest BCUT2D eigenvalue weighted by atomic mass is 16.1. The van der Waals surface area contributed by atoms with Gasteiger partial charge in [0, 0.05) is 54.4 Å². The van der Waals surface area contributed by atoms with Gasteiger partial charge in [0.1, 0.15) is 28.7 Å². The van der Waals surface area contributed by atoms with Gasteiger partial charge in [-0.15, -0.1) is 5.92 Å². The van der Waals surface area contributed by atoms with Gasteiger partial charge in [0.05, 0.1) is 12.6 Å². The van der Waals surface area contributed by atoms with Crippen LogP contribution < -0.4 is 11.1 Å². The van der Waals surface area contributed by atoms with Crippen molar-refractivity contribution in [3.63, 3.8) is 0 Å². The zero-order chi connectivity index (χ0) is 27.1. The van der Waals surface area contributed by atoms with Gasteiger partial charge in [-0.05, 0) is 51.5 Å². The van der Waals surface area contributed by atoms with Gasteiger partial charge < -0.3 is 11.1 Å². The molecule has 2 aliphatic heterocycles. The zero-order valence-electron chi connectivity index (χ0n) is 22.4. The van der Waals surface area contributed by atoms with Crippen LogP contribution in [0.15, 0.2) is 61.1 Å². The standard InChI is InChI=1S/C30H32N8O/c1-4-5-15-36-22-17-23(38(18-22)19(2)3)26(36)29-35-25(27-28(31)33-14-16-37(27)29)20-9-11-21(12-10-20)30(39)34-24-8-6-7-13-32-24/h6-14,16,19,22-23,26H,15,17-18H2,1-3H3,(H2,31,33)(H,32,34,39)/t22?,23-,26?/m0/s1. The first-order valence-electron chi connectivity index (χ1n) is 13.3. The lowest BCUT2D eigenvalue weighted by Gasteiger charge is -2.41. The number of pyridine rings is 1. The van der Waals surface area contributed by atoms with Crippen molar-refractivity contribution < 1.29 is 4.79 Å². The number of nitrogen functional groups attached to an aromatic ring is 1. The van der Waals surface area contributed by atoms with E-state index in [2.05, 4.69) is 55.2 Å². The van der Waals surface area contributed by atoms with Crippen LogP contribution in [0.25, 0.3) is 16.8 Å². The molecule has 2 unspecified atom stereocenters. The number of amides is 1. The molecule has 2 saturated heterocycles. The van der Waals surface area contributed by atoms with Crippen LogP contribution in [-0.4, -0.2) is 66.3 Å². The van der Waals surface area contributed by atoms with E-state index in [-0.39, 0.29) is 11.9 Å². The Labute approximate surface area is 228 Å². The molecule has 9 nitrogen and oxygen atoms in total. The zero-order valence-corrected chi connectivity index (χ0v) is 22.4. The van der Waals surface area contributed by atoms with Crippen LogP contribution in [0, 0.1) is 11.8 Å². The second-order valence-corrected chi connectivity index (χ2v) is 10.4. The summed E-state index contributed by atoms with van der Waals surface area (Å²) in [4.78, 5) is 31.6. The van der Waals surface area contributed by atoms with Crippen LogP contribution in [0.5, 0.6) is 0 Å². The van der Waals surface area contributed by atoms with Crippen molar-refractivity contribution in [1.82, 2.24) is 29.2 Å². The number of carbonyl (C=O) groups excluding carboxylic acids is 1. The Bertz CT molecular complexity index is 1570. The van der Waals surface area contributed by atoms with Gasteiger partial charge in [0.15, 0.2) is 0 Å². The first-order chi connectivity index (χ1) is 19.0. The number of rotatable bonds is 6. The number of nitrogens with two attached hydrogens (primary N) is 1. The van der Waals surface area contributed by atoms with E-state index in [1.807, 2.05) is 37.4 Å². The normalized spacial score (nSPS) is 20.9. The Morgan fingerprint density at radius 3 is 2.69 bits per heavy atom. The summed E-state index contributed by atoms with van der Waals surface area (Å²) < 4.78 is 2.09. The summed E-state index contributed by atoms with van der Waals surface area (Å²) in [5, 5.41) is 2.83. The van der Waals surface area contributed by atoms with Gasteiger partial charge in [-0.2, -0.15) is 0 Å². The molecule has 198 valence electrons. The van der Waals surface area contributed by atoms with Crippen LogP contribution in [0.4, 0.5) is 11.6 Å². The average Bonchev–Trinajstić information content (AvgIpc) is 3.64. The van der Waals surface area contributed by atoms with E-state index >= 15 is 0 Å². The number of piperazine rings is 1. The molecule has 0 saturated carbocycles. The Balaban J connectivity index is 1.39. The van der Waals surface area contributed by atoms with Crippen molar-refractivity contribution in [1.29, 1.82) is 0 Å². The third kappa shape index (κ3) is 4.42. The predicted molar refractivity (Wildman–Crippen MR) is 152 cm³/mol. The molecule has 3 aromatic heterocycles. The van der Waals surface area contributed by atoms with E-state index in [4.69, 9.17) is 10.7 Å². The molecule has 3 atom stereocenters. The maximum Gasteiger partial charge on any atom is 0.256 e. The third-order valence-electron chi connectivity index (χ3n) is 7.86. The van der Waals surface area contributed by atoms with Crippen LogP contribution in [0.1, 0.15) is 49.4 Å². The van der Waals surface area contributed by atoms with Gasteiger partial charge in [-0.1, -0.05) is 24.1 Å². The maximum atomic E-state index is 12.8. The number of hydrogen-bond donors (Lipinski definition) is 2. The molecule has 2 bridgehead atoms. The number of nitrogens with one attached hydrogen (secondary N) is 1. The number of fused-ring (bicyclic) bond motifs is 3. The molecule has 2 fully saturated rings. The minimum Gasteiger partial charge on any atom is -0.382 e. The van der Waals surface area contributed by atoms with Crippen molar-refractivity contribution in [3.05, 3.63) is 72.4 Å². The lowest BCUT2D eigenvalue weighted by Crippen LogP contribution is -2.51. The van der Waals surface area contributed by atoms with E-state index in [0.717, 1.165) is 35.6 Å². The fourth-order valence-electron chi connectivity index (χ4n) is 6.08. The fourth-order valence-corrected chi connectivity index (χ4v) is 6.08. The summed E-state index contributed by atoms with van der Waals surface area (Å²) in [6, 6.07) is 14.1. The molecule has 4 aromatic rings. The highest BCUT2D eigenvalue weighted by Crippen LogP contribution is 2.46. The first kappa shape index (κ1) is 25.0. The van der Waals surface area contributed by atoms with Crippen LogP contribution in [0.3, 0.4) is 0 Å². The van der Waals surface area contributed by atoms with Crippen LogP contribution >= 0.6 is 0 Å². The molecular formula is C30H32N8O. The maximum absolute atomic E-state index is 12.8. The van der Waals surface area contributed by atoms with E-state index in [1.54, 1.807) is 30.6 Å². The second-order valence-electron chi connectivity index (χ2n) is 10.4. The topological polar surface area (TPSA) is 105 Å². The fraction of sp³-hybridized carbons (Fsp3) is 0.333. The molecule has 0 spiro atoms. The number of aromatic nitrogens is 4. The SMILES string of the molecule is CC#CCN1C2C[C@@H](C1c1nc(-c3ccc(C(=O)Nc4ccccn4)cc3)c3c(N)nccn13)N(C(C)C)C2. The summed E-state index contributed by atoms with van der Waals surface area (Å²) in [5.41, 5.74) is 9.38. The summed E-state index contributed by atoms with van der Waals surface area (Å²) >= 11 is 0. The lowest BCUT2D eigenvalue weighted by molar-refractivity contribution is 0.0565. The molecule has 6 rings (SSSR count). The molecule has 0 aliphatic carbocycles. The van der Waals surface area contributed by atoms with Gasteiger partial charge in [-0.25, -0.2) is 15.0 Å². The molecule has 1 amide bonds. The molecule has 3 N–H and O–H groups in total. The third-order valence-corrected chi connectivity index (χ3v) is 7.86. The van der Waals surface area contributed by atoms with Crippen LogP contribution in [-0.2, 0) is 0 Å². The lowest BCUT2D eigenvalue weighted by atomic mass is 10.1. The quantitative estimate of drug-likeness (QED) is 0.372. The van der Waals surface area contributed by atoms with E-state index in [0.29, 0.717) is 41.9 Å². The summed E-state index contributed by atoms with van der Waals surface area (Å²) in [7, 11) is 0. The summed E-state index contributed by atoms with van der Waals surface area (Å²) in [5.74, 6) is 8.02. The Morgan fingerprint density at radius 2 is 1.97 bits per heavy atom.